The molecule has 0 spiro atoms. The SMILES string of the molecule is C=CC(=O)OC(C)(CC)O[Si](CN)(OC(C)C)c1ccccc1. The number of ether oxygens (including phenoxy) is 1. The second kappa shape index (κ2) is 8.40. The molecule has 0 radical (unpaired) electrons. The summed E-state index contributed by atoms with van der Waals surface area (Å²) >= 11 is 0. The van der Waals surface area contributed by atoms with E-state index in [9.17, 15) is 4.79 Å². The highest BCUT2D eigenvalue weighted by Crippen LogP contribution is 2.24. The van der Waals surface area contributed by atoms with Crippen LogP contribution in [0.15, 0.2) is 43.0 Å². The first-order valence-corrected chi connectivity index (χ1v) is 9.82. The van der Waals surface area contributed by atoms with Gasteiger partial charge in [0.15, 0.2) is 0 Å². The molecule has 2 N–H and O–H groups in total. The zero-order valence-electron chi connectivity index (χ0n) is 14.4. The molecule has 23 heavy (non-hydrogen) atoms. The van der Waals surface area contributed by atoms with Crippen LogP contribution in [0.1, 0.15) is 34.1 Å². The molecule has 0 bridgehead atoms. The van der Waals surface area contributed by atoms with Crippen molar-refractivity contribution in [3.63, 3.8) is 0 Å². The number of hydrogen-bond donors (Lipinski definition) is 1. The Morgan fingerprint density at radius 3 is 2.43 bits per heavy atom. The third kappa shape index (κ3) is 5.28. The minimum absolute atomic E-state index is 0.0679. The number of hydrogen-bond acceptors (Lipinski definition) is 5. The number of benzene rings is 1. The van der Waals surface area contributed by atoms with Crippen molar-refractivity contribution in [3.8, 4) is 0 Å². The minimum atomic E-state index is -2.98. The smallest absolute Gasteiger partial charge is 0.389 e. The molecule has 0 aliphatic heterocycles. The van der Waals surface area contributed by atoms with Crippen molar-refractivity contribution in [3.05, 3.63) is 43.0 Å². The fraction of sp³-hybridized carbons (Fsp3) is 0.471. The molecule has 1 rings (SSSR count). The van der Waals surface area contributed by atoms with Crippen LogP contribution in [-0.4, -0.2) is 32.6 Å². The van der Waals surface area contributed by atoms with Gasteiger partial charge in [0, 0.05) is 31.7 Å². The van der Waals surface area contributed by atoms with E-state index in [0.717, 1.165) is 11.3 Å². The summed E-state index contributed by atoms with van der Waals surface area (Å²) in [7, 11) is -2.98. The average Bonchev–Trinajstić information content (AvgIpc) is 2.54. The lowest BCUT2D eigenvalue weighted by molar-refractivity contribution is -0.194. The van der Waals surface area contributed by atoms with Gasteiger partial charge in [0.25, 0.3) is 0 Å². The summed E-state index contributed by atoms with van der Waals surface area (Å²) in [5, 5.41) is 0.908. The predicted molar refractivity (Wildman–Crippen MR) is 93.2 cm³/mol. The van der Waals surface area contributed by atoms with Crippen molar-refractivity contribution >= 4 is 19.7 Å². The summed E-state index contributed by atoms with van der Waals surface area (Å²) in [4.78, 5) is 11.6. The van der Waals surface area contributed by atoms with E-state index in [1.54, 1.807) is 6.92 Å². The van der Waals surface area contributed by atoms with Gasteiger partial charge in [-0.3, -0.25) is 0 Å². The van der Waals surface area contributed by atoms with Crippen molar-refractivity contribution in [1.82, 2.24) is 0 Å². The molecule has 1 aromatic rings. The Morgan fingerprint density at radius 2 is 2.00 bits per heavy atom. The highest BCUT2D eigenvalue weighted by atomic mass is 28.4. The second-order valence-electron chi connectivity index (χ2n) is 5.70. The Bertz CT molecular complexity index is 523. The van der Waals surface area contributed by atoms with E-state index in [4.69, 9.17) is 19.3 Å². The van der Waals surface area contributed by atoms with Gasteiger partial charge in [0.1, 0.15) is 0 Å². The van der Waals surface area contributed by atoms with Crippen LogP contribution < -0.4 is 10.9 Å². The Kier molecular flexibility index (Phi) is 7.15. The molecule has 1 aromatic carbocycles. The largest absolute Gasteiger partial charge is 0.431 e. The zero-order valence-corrected chi connectivity index (χ0v) is 15.4. The second-order valence-corrected chi connectivity index (χ2v) is 8.64. The number of carbonyl (C=O) groups is 1. The van der Waals surface area contributed by atoms with Gasteiger partial charge in [-0.2, -0.15) is 0 Å². The van der Waals surface area contributed by atoms with E-state index in [1.165, 1.54) is 0 Å². The molecule has 2 atom stereocenters. The Hall–Kier alpha value is -1.47. The first-order chi connectivity index (χ1) is 10.8. The monoisotopic (exact) mass is 337 g/mol. The number of carbonyl (C=O) groups excluding carboxylic acids is 1. The Morgan fingerprint density at radius 1 is 1.39 bits per heavy atom. The van der Waals surface area contributed by atoms with Crippen molar-refractivity contribution < 1.29 is 18.4 Å². The van der Waals surface area contributed by atoms with Gasteiger partial charge in [0.05, 0.1) is 0 Å². The van der Waals surface area contributed by atoms with E-state index in [1.807, 2.05) is 51.1 Å². The van der Waals surface area contributed by atoms with Gasteiger partial charge < -0.3 is 19.3 Å². The molecule has 0 aromatic heterocycles. The molecule has 0 amide bonds. The van der Waals surface area contributed by atoms with E-state index in [0.29, 0.717) is 6.42 Å². The van der Waals surface area contributed by atoms with Crippen molar-refractivity contribution in [2.75, 3.05) is 6.17 Å². The third-order valence-corrected chi connectivity index (χ3v) is 6.78. The van der Waals surface area contributed by atoms with E-state index >= 15 is 0 Å². The van der Waals surface area contributed by atoms with Crippen LogP contribution in [0.4, 0.5) is 0 Å². The third-order valence-electron chi connectivity index (χ3n) is 3.41. The Balaban J connectivity index is 3.23. The first kappa shape index (κ1) is 19.6. The maximum atomic E-state index is 11.6. The van der Waals surface area contributed by atoms with Crippen LogP contribution in [0.25, 0.3) is 0 Å². The van der Waals surface area contributed by atoms with E-state index in [-0.39, 0.29) is 12.3 Å². The molecule has 6 heteroatoms. The van der Waals surface area contributed by atoms with Crippen LogP contribution in [-0.2, 0) is 18.4 Å². The molecule has 0 aliphatic carbocycles. The van der Waals surface area contributed by atoms with Gasteiger partial charge >= 0.3 is 14.5 Å². The molecule has 0 saturated carbocycles. The molecule has 0 fully saturated rings. The molecular weight excluding hydrogens is 310 g/mol. The maximum Gasteiger partial charge on any atom is 0.389 e. The van der Waals surface area contributed by atoms with E-state index in [2.05, 4.69) is 6.58 Å². The number of nitrogens with two attached hydrogens (primary N) is 1. The molecule has 0 saturated heterocycles. The lowest BCUT2D eigenvalue weighted by Gasteiger charge is -2.39. The summed E-state index contributed by atoms with van der Waals surface area (Å²) in [5.41, 5.74) is 6.06. The average molecular weight is 337 g/mol. The molecule has 0 aliphatic rings. The van der Waals surface area contributed by atoms with Crippen LogP contribution in [0.3, 0.4) is 0 Å². The topological polar surface area (TPSA) is 70.8 Å². The lowest BCUT2D eigenvalue weighted by Crippen LogP contribution is -2.64. The summed E-state index contributed by atoms with van der Waals surface area (Å²) in [6.45, 7) is 10.9. The van der Waals surface area contributed by atoms with E-state index < -0.39 is 20.3 Å². The summed E-state index contributed by atoms with van der Waals surface area (Å²) in [6, 6.07) is 9.63. The molecule has 128 valence electrons. The summed E-state index contributed by atoms with van der Waals surface area (Å²) in [5.74, 6) is -1.66. The minimum Gasteiger partial charge on any atom is -0.431 e. The van der Waals surface area contributed by atoms with Gasteiger partial charge in [-0.05, 0) is 19.0 Å². The van der Waals surface area contributed by atoms with Crippen molar-refractivity contribution in [2.24, 2.45) is 5.73 Å². The fourth-order valence-electron chi connectivity index (χ4n) is 2.20. The first-order valence-electron chi connectivity index (χ1n) is 7.80. The van der Waals surface area contributed by atoms with Crippen LogP contribution in [0.2, 0.25) is 0 Å². The van der Waals surface area contributed by atoms with Gasteiger partial charge in [-0.25, -0.2) is 4.79 Å². The number of esters is 1. The molecule has 2 unspecified atom stereocenters. The van der Waals surface area contributed by atoms with Crippen LogP contribution >= 0.6 is 0 Å². The van der Waals surface area contributed by atoms with Crippen LogP contribution in [0.5, 0.6) is 0 Å². The highest BCUT2D eigenvalue weighted by Gasteiger charge is 2.47. The summed E-state index contributed by atoms with van der Waals surface area (Å²) in [6.07, 6.45) is 1.74. The summed E-state index contributed by atoms with van der Waals surface area (Å²) < 4.78 is 17.9. The molecule has 5 nitrogen and oxygen atoms in total. The van der Waals surface area contributed by atoms with Gasteiger partial charge in [-0.15, -0.1) is 0 Å². The normalized spacial score (nSPS) is 16.4. The van der Waals surface area contributed by atoms with Crippen molar-refractivity contribution in [2.45, 2.75) is 46.0 Å². The highest BCUT2D eigenvalue weighted by molar-refractivity contribution is 6.81. The fourth-order valence-corrected chi connectivity index (χ4v) is 5.26. The van der Waals surface area contributed by atoms with Crippen LogP contribution in [0, 0.1) is 0 Å². The standard InChI is InChI=1S/C17H27NO4Si/c1-6-16(19)20-17(5,7-2)22-23(13-18,21-14(3)4)15-11-9-8-10-12-15/h6,8-12,14H,1,7,13,18H2,2-5H3. The zero-order chi connectivity index (χ0) is 17.5. The molecule has 0 heterocycles. The predicted octanol–water partition coefficient (Wildman–Crippen LogP) is 2.13. The van der Waals surface area contributed by atoms with Gasteiger partial charge in [-0.1, -0.05) is 43.8 Å². The maximum absolute atomic E-state index is 11.6. The number of rotatable bonds is 9. The lowest BCUT2D eigenvalue weighted by atomic mass is 10.2. The molecular formula is C17H27NO4Si. The van der Waals surface area contributed by atoms with Gasteiger partial charge in [0.2, 0.25) is 5.79 Å². The Labute approximate surface area is 139 Å². The van der Waals surface area contributed by atoms with Crippen molar-refractivity contribution in [1.29, 1.82) is 0 Å². The quantitative estimate of drug-likeness (QED) is 0.323.